The van der Waals surface area contributed by atoms with Crippen LogP contribution in [0.5, 0.6) is 5.75 Å². The zero-order chi connectivity index (χ0) is 14.2. The second-order valence-electron chi connectivity index (χ2n) is 3.51. The molecule has 0 radical (unpaired) electrons. The van der Waals surface area contributed by atoms with E-state index in [1.807, 2.05) is 0 Å². The lowest BCUT2D eigenvalue weighted by Crippen LogP contribution is -2.23. The van der Waals surface area contributed by atoms with E-state index in [4.69, 9.17) is 9.15 Å². The van der Waals surface area contributed by atoms with Gasteiger partial charge in [0.2, 0.25) is 0 Å². The van der Waals surface area contributed by atoms with Crippen LogP contribution in [0.2, 0.25) is 0 Å². The zero-order valence-electron chi connectivity index (χ0n) is 9.54. The molecule has 0 spiro atoms. The Balaban J connectivity index is 2.98. The molecular weight excluding hydrogens is 258 g/mol. The number of hydrogen-bond acceptors (Lipinski definition) is 7. The molecule has 0 amide bonds. The molecule has 0 saturated carbocycles. The number of nitro benzene ring substituents is 1. The van der Waals surface area contributed by atoms with Crippen molar-refractivity contribution in [2.24, 2.45) is 0 Å². The largest absolute Gasteiger partial charge is 0.542 e. The van der Waals surface area contributed by atoms with E-state index in [0.29, 0.717) is 6.07 Å². The fourth-order valence-electron chi connectivity index (χ4n) is 1.64. The van der Waals surface area contributed by atoms with Crippen LogP contribution in [0.3, 0.4) is 0 Å². The summed E-state index contributed by atoms with van der Waals surface area (Å²) in [6, 6.07) is 2.92. The van der Waals surface area contributed by atoms with Crippen LogP contribution < -0.4 is 15.3 Å². The second kappa shape index (κ2) is 4.41. The molecule has 0 N–H and O–H groups in total. The summed E-state index contributed by atoms with van der Waals surface area (Å²) in [6.45, 7) is 0. The van der Waals surface area contributed by atoms with Gasteiger partial charge in [0.25, 0.3) is 5.69 Å². The van der Waals surface area contributed by atoms with Crippen molar-refractivity contribution >= 4 is 22.6 Å². The first-order valence-electron chi connectivity index (χ1n) is 4.96. The van der Waals surface area contributed by atoms with Gasteiger partial charge in [-0.25, -0.2) is 0 Å². The Bertz CT molecular complexity index is 747. The van der Waals surface area contributed by atoms with E-state index in [1.54, 1.807) is 0 Å². The topological polar surface area (TPSA) is 123 Å². The average Bonchev–Trinajstić information content (AvgIpc) is 2.36. The molecule has 0 aliphatic rings. The van der Waals surface area contributed by atoms with Crippen LogP contribution in [0, 0.1) is 10.1 Å². The molecule has 0 fully saturated rings. The molecule has 19 heavy (non-hydrogen) atoms. The maximum absolute atomic E-state index is 11.8. The molecule has 0 aliphatic carbocycles. The summed E-state index contributed by atoms with van der Waals surface area (Å²) in [5.74, 6) is -2.41. The number of methoxy groups -OCH3 is 1. The number of nitrogens with zero attached hydrogens (tertiary/aromatic N) is 1. The number of carboxylic acids is 1. The van der Waals surface area contributed by atoms with Crippen molar-refractivity contribution in [1.82, 2.24) is 0 Å². The highest BCUT2D eigenvalue weighted by Crippen LogP contribution is 2.31. The normalized spacial score (nSPS) is 10.4. The van der Waals surface area contributed by atoms with Crippen molar-refractivity contribution < 1.29 is 24.0 Å². The molecule has 2 aromatic rings. The van der Waals surface area contributed by atoms with Crippen LogP contribution in [0.15, 0.2) is 27.4 Å². The maximum atomic E-state index is 11.8. The summed E-state index contributed by atoms with van der Waals surface area (Å²) in [7, 11) is 1.26. The van der Waals surface area contributed by atoms with Gasteiger partial charge in [0, 0.05) is 12.1 Å². The number of non-ortho nitro benzene ring substituents is 1. The molecule has 98 valence electrons. The van der Waals surface area contributed by atoms with Gasteiger partial charge in [0.1, 0.15) is 11.4 Å². The van der Waals surface area contributed by atoms with E-state index in [1.165, 1.54) is 13.2 Å². The molecule has 8 heteroatoms. The molecule has 0 aliphatic heterocycles. The van der Waals surface area contributed by atoms with Crippen LogP contribution in [-0.2, 0) is 0 Å². The van der Waals surface area contributed by atoms with Crippen molar-refractivity contribution in [2.45, 2.75) is 0 Å². The molecule has 1 heterocycles. The Morgan fingerprint density at radius 2 is 2.11 bits per heavy atom. The minimum atomic E-state index is -1.70. The fourth-order valence-corrected chi connectivity index (χ4v) is 1.64. The smallest absolute Gasteiger partial charge is 0.284 e. The summed E-state index contributed by atoms with van der Waals surface area (Å²) in [5, 5.41) is 21.2. The van der Waals surface area contributed by atoms with Gasteiger partial charge >= 0.3 is 0 Å². The quantitative estimate of drug-likeness (QED) is 0.567. The van der Waals surface area contributed by atoms with Crippen molar-refractivity contribution in [1.29, 1.82) is 0 Å². The minimum Gasteiger partial charge on any atom is -0.542 e. The van der Waals surface area contributed by atoms with Crippen LogP contribution >= 0.6 is 0 Å². The molecule has 0 saturated heterocycles. The van der Waals surface area contributed by atoms with Crippen molar-refractivity contribution in [3.8, 4) is 5.75 Å². The van der Waals surface area contributed by atoms with Gasteiger partial charge in [-0.05, 0) is 6.07 Å². The number of fused-ring (bicyclic) bond motifs is 1. The van der Waals surface area contributed by atoms with Crippen molar-refractivity contribution in [3.05, 3.63) is 44.3 Å². The summed E-state index contributed by atoms with van der Waals surface area (Å²) in [6.07, 6.45) is 0. The van der Waals surface area contributed by atoms with E-state index in [9.17, 15) is 24.8 Å². The number of aromatic carboxylic acids is 1. The Morgan fingerprint density at radius 1 is 1.42 bits per heavy atom. The number of hydrogen-bond donors (Lipinski definition) is 0. The van der Waals surface area contributed by atoms with Crippen LogP contribution in [-0.4, -0.2) is 18.0 Å². The first-order chi connectivity index (χ1) is 8.95. The molecular formula is C11H6NO7-. The maximum Gasteiger partial charge on any atom is 0.284 e. The highest BCUT2D eigenvalue weighted by Gasteiger charge is 2.21. The van der Waals surface area contributed by atoms with E-state index in [-0.39, 0.29) is 16.7 Å². The number of nitro groups is 1. The predicted molar refractivity (Wildman–Crippen MR) is 60.0 cm³/mol. The molecule has 0 atom stereocenters. The van der Waals surface area contributed by atoms with Gasteiger partial charge in [-0.1, -0.05) is 0 Å². The number of benzene rings is 1. The van der Waals surface area contributed by atoms with E-state index in [0.717, 1.165) is 6.07 Å². The first kappa shape index (κ1) is 12.6. The Kier molecular flexibility index (Phi) is 2.91. The third-order valence-corrected chi connectivity index (χ3v) is 2.44. The molecule has 1 aromatic carbocycles. The standard InChI is InChI=1S/C11H7NO7/c1-18-7-3-2-5(12(16)17)9-6(13)4-8(11(14)15)19-10(7)9/h2-4H,1H3,(H,14,15)/p-1. The minimum absolute atomic E-state index is 0.0146. The van der Waals surface area contributed by atoms with E-state index >= 15 is 0 Å². The summed E-state index contributed by atoms with van der Waals surface area (Å²) >= 11 is 0. The van der Waals surface area contributed by atoms with Gasteiger partial charge in [0.15, 0.2) is 22.5 Å². The Labute approximate surface area is 105 Å². The fraction of sp³-hybridized carbons (Fsp3) is 0.0909. The Morgan fingerprint density at radius 3 is 2.63 bits per heavy atom. The monoisotopic (exact) mass is 264 g/mol. The molecule has 0 bridgehead atoms. The third-order valence-electron chi connectivity index (χ3n) is 2.44. The first-order valence-corrected chi connectivity index (χ1v) is 4.96. The van der Waals surface area contributed by atoms with Gasteiger partial charge in [-0.15, -0.1) is 0 Å². The van der Waals surface area contributed by atoms with Crippen LogP contribution in [0.1, 0.15) is 10.6 Å². The molecule has 0 unspecified atom stereocenters. The van der Waals surface area contributed by atoms with Gasteiger partial charge < -0.3 is 19.1 Å². The summed E-state index contributed by atoms with van der Waals surface area (Å²) in [5.41, 5.74) is -1.65. The van der Waals surface area contributed by atoms with Gasteiger partial charge in [-0.2, -0.15) is 0 Å². The Hall–Kier alpha value is -2.90. The number of carbonyl (C=O) groups excluding carboxylic acids is 1. The molecule has 1 aromatic heterocycles. The zero-order valence-corrected chi connectivity index (χ0v) is 9.54. The summed E-state index contributed by atoms with van der Waals surface area (Å²) in [4.78, 5) is 32.6. The van der Waals surface area contributed by atoms with Gasteiger partial charge in [0.05, 0.1) is 12.0 Å². The van der Waals surface area contributed by atoms with E-state index < -0.39 is 27.8 Å². The second-order valence-corrected chi connectivity index (χ2v) is 3.51. The van der Waals surface area contributed by atoms with Crippen LogP contribution in [0.4, 0.5) is 5.69 Å². The molecule has 8 nitrogen and oxygen atoms in total. The number of ether oxygens (including phenoxy) is 1. The highest BCUT2D eigenvalue weighted by atomic mass is 16.6. The number of carboxylic acid groups (broad SMARTS) is 1. The van der Waals surface area contributed by atoms with Crippen LogP contribution in [0.25, 0.3) is 11.0 Å². The SMILES string of the molecule is COc1ccc([N+](=O)[O-])c2c(=O)cc(C(=O)[O-])oc12. The average molecular weight is 264 g/mol. The highest BCUT2D eigenvalue weighted by molar-refractivity contribution is 5.93. The summed E-state index contributed by atoms with van der Waals surface area (Å²) < 4.78 is 9.81. The van der Waals surface area contributed by atoms with Crippen molar-refractivity contribution in [2.75, 3.05) is 7.11 Å². The van der Waals surface area contributed by atoms with E-state index in [2.05, 4.69) is 0 Å². The van der Waals surface area contributed by atoms with Gasteiger partial charge in [-0.3, -0.25) is 14.9 Å². The lowest BCUT2D eigenvalue weighted by Gasteiger charge is -2.07. The molecule has 2 rings (SSSR count). The van der Waals surface area contributed by atoms with Crippen molar-refractivity contribution in [3.63, 3.8) is 0 Å². The lowest BCUT2D eigenvalue weighted by molar-refractivity contribution is -0.383. The number of rotatable bonds is 3. The third kappa shape index (κ3) is 1.99. The number of carbonyl (C=O) groups is 1. The lowest BCUT2D eigenvalue weighted by atomic mass is 10.1. The predicted octanol–water partition coefficient (Wildman–Crippen LogP) is 0.0733.